The molecule has 0 saturated carbocycles. The number of fused-ring (bicyclic) bond motifs is 3. The Morgan fingerprint density at radius 3 is 3.00 bits per heavy atom. The van der Waals surface area contributed by atoms with Crippen LogP contribution in [0.2, 0.25) is 0 Å². The summed E-state index contributed by atoms with van der Waals surface area (Å²) in [5, 5.41) is 0. The van der Waals surface area contributed by atoms with Gasteiger partial charge in [-0.1, -0.05) is 0 Å². The van der Waals surface area contributed by atoms with E-state index in [-0.39, 0.29) is 12.2 Å². The Hall–Kier alpha value is -0.960. The molecule has 1 heterocycles. The molecule has 0 spiro atoms. The summed E-state index contributed by atoms with van der Waals surface area (Å²) in [4.78, 5) is 0. The van der Waals surface area contributed by atoms with Crippen LogP contribution in [0.25, 0.3) is 0 Å². The molecule has 1 aliphatic heterocycles. The molecule has 0 unspecified atom stereocenters. The van der Waals surface area contributed by atoms with Crippen molar-refractivity contribution in [2.45, 2.75) is 25.0 Å². The lowest BCUT2D eigenvalue weighted by Crippen LogP contribution is -2.07. The average Bonchev–Trinajstić information content (AvgIpc) is 2.82. The van der Waals surface area contributed by atoms with Crippen molar-refractivity contribution >= 4 is 0 Å². The normalized spacial score (nSPS) is 29.4. The number of hydrogen-bond donors (Lipinski definition) is 0. The third-order valence-corrected chi connectivity index (χ3v) is 2.76. The largest absolute Gasteiger partial charge is 0.364 e. The fourth-order valence-corrected chi connectivity index (χ4v) is 2.06. The van der Waals surface area contributed by atoms with Gasteiger partial charge in [-0.05, 0) is 30.0 Å². The number of ether oxygens (including phenoxy) is 1. The van der Waals surface area contributed by atoms with Crippen LogP contribution in [0.1, 0.15) is 23.7 Å². The van der Waals surface area contributed by atoms with Gasteiger partial charge in [-0.2, -0.15) is 0 Å². The molecule has 1 aliphatic carbocycles. The van der Waals surface area contributed by atoms with E-state index in [0.29, 0.717) is 17.5 Å². The summed E-state index contributed by atoms with van der Waals surface area (Å²) >= 11 is 0. The van der Waals surface area contributed by atoms with E-state index in [1.54, 1.807) is 0 Å². The first-order valence-corrected chi connectivity index (χ1v) is 4.39. The molecule has 1 saturated heterocycles. The van der Waals surface area contributed by atoms with E-state index in [9.17, 15) is 8.78 Å². The summed E-state index contributed by atoms with van der Waals surface area (Å²) in [6.07, 6.45) is 1.71. The van der Waals surface area contributed by atoms with Gasteiger partial charge in [0, 0.05) is 6.07 Å². The zero-order valence-corrected chi connectivity index (χ0v) is 6.89. The molecule has 3 heteroatoms. The quantitative estimate of drug-likeness (QED) is 0.561. The smallest absolute Gasteiger partial charge is 0.129 e. The minimum Gasteiger partial charge on any atom is -0.364 e. The van der Waals surface area contributed by atoms with Gasteiger partial charge < -0.3 is 4.74 Å². The van der Waals surface area contributed by atoms with Gasteiger partial charge in [-0.15, -0.1) is 0 Å². The number of epoxide rings is 1. The molecule has 2 aliphatic rings. The highest BCUT2D eigenvalue weighted by molar-refractivity contribution is 5.37. The second-order valence-corrected chi connectivity index (χ2v) is 3.59. The lowest BCUT2D eigenvalue weighted by Gasteiger charge is -2.12. The molecule has 2 atom stereocenters. The van der Waals surface area contributed by atoms with Crippen molar-refractivity contribution in [3.63, 3.8) is 0 Å². The molecule has 13 heavy (non-hydrogen) atoms. The molecule has 0 N–H and O–H groups in total. The SMILES string of the molecule is Fc1cc(F)c2c(c1)[C@H]1O[C@H]1CC2. The van der Waals surface area contributed by atoms with Crippen molar-refractivity contribution in [2.75, 3.05) is 0 Å². The number of hydrogen-bond acceptors (Lipinski definition) is 1. The Labute approximate surface area is 74.3 Å². The van der Waals surface area contributed by atoms with E-state index in [4.69, 9.17) is 4.74 Å². The first-order chi connectivity index (χ1) is 6.25. The second kappa shape index (κ2) is 2.29. The van der Waals surface area contributed by atoms with Crippen LogP contribution in [-0.2, 0) is 11.2 Å². The van der Waals surface area contributed by atoms with Gasteiger partial charge in [0.15, 0.2) is 0 Å². The predicted molar refractivity (Wildman–Crippen MR) is 42.3 cm³/mol. The molecule has 3 rings (SSSR count). The van der Waals surface area contributed by atoms with Crippen LogP contribution < -0.4 is 0 Å². The van der Waals surface area contributed by atoms with Crippen LogP contribution in [0.4, 0.5) is 8.78 Å². The zero-order valence-electron chi connectivity index (χ0n) is 6.89. The van der Waals surface area contributed by atoms with Gasteiger partial charge >= 0.3 is 0 Å². The monoisotopic (exact) mass is 182 g/mol. The maximum atomic E-state index is 13.2. The third-order valence-electron chi connectivity index (χ3n) is 2.76. The van der Waals surface area contributed by atoms with Crippen molar-refractivity contribution in [3.05, 3.63) is 34.9 Å². The van der Waals surface area contributed by atoms with Crippen LogP contribution in [0.15, 0.2) is 12.1 Å². The number of benzene rings is 1. The van der Waals surface area contributed by atoms with Crippen LogP contribution in [0, 0.1) is 11.6 Å². The average molecular weight is 182 g/mol. The summed E-state index contributed by atoms with van der Waals surface area (Å²) in [6.45, 7) is 0. The standard InChI is InChI=1S/C10H8F2O/c11-5-3-7-6(8(12)4-5)1-2-9-10(7)13-9/h3-4,9-10H,1-2H2/t9-,10+/m0/s1. The van der Waals surface area contributed by atoms with E-state index >= 15 is 0 Å². The highest BCUT2D eigenvalue weighted by Gasteiger charge is 2.45. The topological polar surface area (TPSA) is 12.5 Å². The van der Waals surface area contributed by atoms with Gasteiger partial charge in [0.2, 0.25) is 0 Å². The molecule has 0 amide bonds. The van der Waals surface area contributed by atoms with Crippen LogP contribution >= 0.6 is 0 Å². The summed E-state index contributed by atoms with van der Waals surface area (Å²) in [5.74, 6) is -0.934. The first kappa shape index (κ1) is 7.44. The van der Waals surface area contributed by atoms with Crippen molar-refractivity contribution in [2.24, 2.45) is 0 Å². The van der Waals surface area contributed by atoms with E-state index < -0.39 is 11.6 Å². The van der Waals surface area contributed by atoms with E-state index in [1.807, 2.05) is 0 Å². The Bertz CT molecular complexity index is 375. The molecule has 1 aromatic rings. The molecule has 68 valence electrons. The van der Waals surface area contributed by atoms with Crippen molar-refractivity contribution in [1.82, 2.24) is 0 Å². The molecular formula is C10H8F2O. The Morgan fingerprint density at radius 1 is 1.31 bits per heavy atom. The van der Waals surface area contributed by atoms with Crippen LogP contribution in [-0.4, -0.2) is 6.10 Å². The van der Waals surface area contributed by atoms with Crippen molar-refractivity contribution in [3.8, 4) is 0 Å². The summed E-state index contributed by atoms with van der Waals surface area (Å²) < 4.78 is 31.4. The lowest BCUT2D eigenvalue weighted by atomic mass is 9.91. The minimum absolute atomic E-state index is 0.0334. The van der Waals surface area contributed by atoms with Gasteiger partial charge in [0.25, 0.3) is 0 Å². The molecule has 1 fully saturated rings. The number of halogens is 2. The molecule has 1 aromatic carbocycles. The molecule has 0 radical (unpaired) electrons. The predicted octanol–water partition coefficient (Wildman–Crippen LogP) is 2.35. The van der Waals surface area contributed by atoms with Crippen molar-refractivity contribution < 1.29 is 13.5 Å². The Balaban J connectivity index is 2.19. The second-order valence-electron chi connectivity index (χ2n) is 3.59. The van der Waals surface area contributed by atoms with E-state index in [0.717, 1.165) is 12.5 Å². The Kier molecular flexibility index (Phi) is 1.31. The van der Waals surface area contributed by atoms with Gasteiger partial charge in [-0.3, -0.25) is 0 Å². The summed E-state index contributed by atoms with van der Waals surface area (Å²) in [6, 6.07) is 2.34. The molecule has 1 nitrogen and oxygen atoms in total. The number of rotatable bonds is 0. The van der Waals surface area contributed by atoms with Gasteiger partial charge in [0.05, 0.1) is 6.10 Å². The third kappa shape index (κ3) is 1.000. The maximum absolute atomic E-state index is 13.2. The fourth-order valence-electron chi connectivity index (χ4n) is 2.06. The van der Waals surface area contributed by atoms with Gasteiger partial charge in [-0.25, -0.2) is 8.78 Å². The van der Waals surface area contributed by atoms with E-state index in [1.165, 1.54) is 6.07 Å². The zero-order chi connectivity index (χ0) is 9.00. The van der Waals surface area contributed by atoms with Gasteiger partial charge in [0.1, 0.15) is 17.7 Å². The van der Waals surface area contributed by atoms with E-state index in [2.05, 4.69) is 0 Å². The maximum Gasteiger partial charge on any atom is 0.129 e. The molecular weight excluding hydrogens is 174 g/mol. The van der Waals surface area contributed by atoms with Crippen molar-refractivity contribution in [1.29, 1.82) is 0 Å². The molecule has 0 bridgehead atoms. The minimum atomic E-state index is -0.507. The fraction of sp³-hybridized carbons (Fsp3) is 0.400. The summed E-state index contributed by atoms with van der Waals surface area (Å²) in [7, 11) is 0. The van der Waals surface area contributed by atoms with Crippen LogP contribution in [0.5, 0.6) is 0 Å². The Morgan fingerprint density at radius 2 is 2.15 bits per heavy atom. The first-order valence-electron chi connectivity index (χ1n) is 4.39. The van der Waals surface area contributed by atoms with Crippen LogP contribution in [0.3, 0.4) is 0 Å². The molecule has 0 aromatic heterocycles. The highest BCUT2D eigenvalue weighted by Crippen LogP contribution is 2.47. The summed E-state index contributed by atoms with van der Waals surface area (Å²) in [5.41, 5.74) is 1.36. The lowest BCUT2D eigenvalue weighted by molar-refractivity contribution is 0.372. The highest BCUT2D eigenvalue weighted by atomic mass is 19.1.